The summed E-state index contributed by atoms with van der Waals surface area (Å²) in [6.07, 6.45) is 2.85. The number of hydrogen-bond acceptors (Lipinski definition) is 2. The second-order valence-corrected chi connectivity index (χ2v) is 3.48. The van der Waals surface area contributed by atoms with Crippen LogP contribution < -0.4 is 0 Å². The van der Waals surface area contributed by atoms with E-state index in [0.29, 0.717) is 12.7 Å². The van der Waals surface area contributed by atoms with E-state index in [9.17, 15) is 0 Å². The van der Waals surface area contributed by atoms with Crippen LogP contribution in [0, 0.1) is 6.92 Å². The maximum Gasteiger partial charge on any atom is 0.451 e. The molecule has 0 aromatic heterocycles. The molecular weight excluding hydrogens is 175 g/mol. The van der Waals surface area contributed by atoms with E-state index in [2.05, 4.69) is 12.6 Å². The molecule has 2 N–H and O–H groups in total. The van der Waals surface area contributed by atoms with Gasteiger partial charge in [-0.05, 0) is 30.8 Å². The number of rotatable bonds is 4. The Bertz CT molecular complexity index is 321. The Balaban J connectivity index is 2.76. The zero-order valence-corrected chi connectivity index (χ0v) is 8.40. The highest BCUT2D eigenvalue weighted by Crippen LogP contribution is 2.12. The maximum atomic E-state index is 8.74. The van der Waals surface area contributed by atoms with Gasteiger partial charge in [-0.25, -0.2) is 0 Å². The van der Waals surface area contributed by atoms with Crippen LogP contribution >= 0.6 is 0 Å². The molecule has 0 unspecified atom stereocenters. The summed E-state index contributed by atoms with van der Waals surface area (Å²) in [6.45, 7) is 5.73. The van der Waals surface area contributed by atoms with E-state index in [0.717, 1.165) is 11.1 Å². The predicted octanol–water partition coefficient (Wildman–Crippen LogP) is 1.65. The molecule has 3 heteroatoms. The van der Waals surface area contributed by atoms with Gasteiger partial charge in [0.05, 0.1) is 0 Å². The van der Waals surface area contributed by atoms with Gasteiger partial charge >= 0.3 is 7.12 Å². The average Bonchev–Trinajstić information content (AvgIpc) is 2.14. The van der Waals surface area contributed by atoms with Gasteiger partial charge in [-0.1, -0.05) is 36.4 Å². The van der Waals surface area contributed by atoms with E-state index in [1.807, 2.05) is 19.1 Å². The molecule has 0 saturated carbocycles. The van der Waals surface area contributed by atoms with Gasteiger partial charge in [0.25, 0.3) is 0 Å². The van der Waals surface area contributed by atoms with Gasteiger partial charge in [0.1, 0.15) is 0 Å². The summed E-state index contributed by atoms with van der Waals surface area (Å²) in [5.74, 6) is 0. The molecule has 0 saturated heterocycles. The summed E-state index contributed by atoms with van der Waals surface area (Å²) < 4.78 is 0. The lowest BCUT2D eigenvalue weighted by Crippen LogP contribution is -2.11. The van der Waals surface area contributed by atoms with Gasteiger partial charge < -0.3 is 10.0 Å². The van der Waals surface area contributed by atoms with Crippen LogP contribution in [0.1, 0.15) is 16.7 Å². The Morgan fingerprint density at radius 1 is 1.36 bits per heavy atom. The Kier molecular flexibility index (Phi) is 3.92. The van der Waals surface area contributed by atoms with Crippen LogP contribution in [0.2, 0.25) is 6.32 Å². The SMILES string of the molecule is C=Cc1cc(C)cc(CCB(O)O)c1. The number of hydrogen-bond donors (Lipinski definition) is 2. The third-order valence-electron chi connectivity index (χ3n) is 2.09. The monoisotopic (exact) mass is 190 g/mol. The fraction of sp³-hybridized carbons (Fsp3) is 0.273. The van der Waals surface area contributed by atoms with Crippen molar-refractivity contribution in [1.29, 1.82) is 0 Å². The molecule has 1 aromatic carbocycles. The summed E-state index contributed by atoms with van der Waals surface area (Å²) in [7, 11) is -1.22. The van der Waals surface area contributed by atoms with Crippen molar-refractivity contribution in [3.8, 4) is 0 Å². The van der Waals surface area contributed by atoms with Crippen LogP contribution in [0.4, 0.5) is 0 Å². The number of benzene rings is 1. The minimum absolute atomic E-state index is 0.375. The van der Waals surface area contributed by atoms with E-state index in [1.54, 1.807) is 6.08 Å². The van der Waals surface area contributed by atoms with E-state index in [-0.39, 0.29) is 0 Å². The highest BCUT2D eigenvalue weighted by molar-refractivity contribution is 6.40. The van der Waals surface area contributed by atoms with E-state index < -0.39 is 7.12 Å². The predicted molar refractivity (Wildman–Crippen MR) is 60.0 cm³/mol. The molecule has 1 rings (SSSR count). The first-order valence-electron chi connectivity index (χ1n) is 4.71. The van der Waals surface area contributed by atoms with Crippen LogP contribution in [-0.4, -0.2) is 17.2 Å². The van der Waals surface area contributed by atoms with Crippen LogP contribution in [0.15, 0.2) is 24.8 Å². The van der Waals surface area contributed by atoms with Crippen molar-refractivity contribution >= 4 is 13.2 Å². The second-order valence-electron chi connectivity index (χ2n) is 3.48. The fourth-order valence-corrected chi connectivity index (χ4v) is 1.45. The normalized spacial score (nSPS) is 9.93. The van der Waals surface area contributed by atoms with Crippen molar-refractivity contribution in [3.63, 3.8) is 0 Å². The van der Waals surface area contributed by atoms with Crippen molar-refractivity contribution in [3.05, 3.63) is 41.5 Å². The molecule has 0 bridgehead atoms. The number of aryl methyl sites for hydroxylation is 2. The van der Waals surface area contributed by atoms with Crippen LogP contribution in [-0.2, 0) is 6.42 Å². The zero-order chi connectivity index (χ0) is 10.6. The third kappa shape index (κ3) is 3.36. The quantitative estimate of drug-likeness (QED) is 0.708. The van der Waals surface area contributed by atoms with E-state index in [4.69, 9.17) is 10.0 Å². The van der Waals surface area contributed by atoms with Gasteiger partial charge in [0.2, 0.25) is 0 Å². The molecular formula is C11H15BO2. The minimum atomic E-state index is -1.22. The summed E-state index contributed by atoms with van der Waals surface area (Å²) in [4.78, 5) is 0. The van der Waals surface area contributed by atoms with E-state index in [1.165, 1.54) is 5.56 Å². The molecule has 2 nitrogen and oxygen atoms in total. The summed E-state index contributed by atoms with van der Waals surface area (Å²) in [5, 5.41) is 17.5. The Morgan fingerprint density at radius 2 is 2.07 bits per heavy atom. The van der Waals surface area contributed by atoms with Gasteiger partial charge in [0, 0.05) is 0 Å². The zero-order valence-electron chi connectivity index (χ0n) is 8.40. The van der Waals surface area contributed by atoms with Crippen molar-refractivity contribution in [2.45, 2.75) is 19.7 Å². The standard InChI is InChI=1S/C11H15BO2/c1-3-10-6-9(2)7-11(8-10)4-5-12(13)14/h3,6-8,13-14H,1,4-5H2,2H3. The molecule has 0 atom stereocenters. The lowest BCUT2D eigenvalue weighted by molar-refractivity contribution is 0.405. The maximum absolute atomic E-state index is 8.74. The van der Waals surface area contributed by atoms with Crippen molar-refractivity contribution in [2.75, 3.05) is 0 Å². The van der Waals surface area contributed by atoms with Crippen molar-refractivity contribution in [2.24, 2.45) is 0 Å². The molecule has 0 aliphatic carbocycles. The highest BCUT2D eigenvalue weighted by Gasteiger charge is 2.06. The molecule has 14 heavy (non-hydrogen) atoms. The van der Waals surface area contributed by atoms with Gasteiger partial charge in [-0.3, -0.25) is 0 Å². The summed E-state index contributed by atoms with van der Waals surface area (Å²) >= 11 is 0. The molecule has 0 heterocycles. The Morgan fingerprint density at radius 3 is 2.64 bits per heavy atom. The first-order chi connectivity index (χ1) is 6.61. The van der Waals surface area contributed by atoms with Crippen LogP contribution in [0.25, 0.3) is 6.08 Å². The largest absolute Gasteiger partial charge is 0.451 e. The fourth-order valence-electron chi connectivity index (χ4n) is 1.45. The van der Waals surface area contributed by atoms with Crippen LogP contribution in [0.5, 0.6) is 0 Å². The van der Waals surface area contributed by atoms with Crippen LogP contribution in [0.3, 0.4) is 0 Å². The van der Waals surface area contributed by atoms with Gasteiger partial charge in [0.15, 0.2) is 0 Å². The topological polar surface area (TPSA) is 40.5 Å². The summed E-state index contributed by atoms with van der Waals surface area (Å²) in [5.41, 5.74) is 3.37. The Labute approximate surface area is 85.0 Å². The molecule has 0 aliphatic rings. The van der Waals surface area contributed by atoms with Crippen molar-refractivity contribution < 1.29 is 10.0 Å². The minimum Gasteiger partial charge on any atom is -0.427 e. The van der Waals surface area contributed by atoms with Crippen molar-refractivity contribution in [1.82, 2.24) is 0 Å². The molecule has 0 amide bonds. The average molecular weight is 190 g/mol. The van der Waals surface area contributed by atoms with E-state index >= 15 is 0 Å². The first-order valence-corrected chi connectivity index (χ1v) is 4.71. The second kappa shape index (κ2) is 4.98. The molecule has 0 fully saturated rings. The molecule has 0 spiro atoms. The smallest absolute Gasteiger partial charge is 0.427 e. The summed E-state index contributed by atoms with van der Waals surface area (Å²) in [6, 6.07) is 6.11. The lowest BCUT2D eigenvalue weighted by Gasteiger charge is -2.04. The first kappa shape index (κ1) is 11.0. The molecule has 74 valence electrons. The van der Waals surface area contributed by atoms with Gasteiger partial charge in [-0.2, -0.15) is 0 Å². The highest BCUT2D eigenvalue weighted by atomic mass is 16.4. The lowest BCUT2D eigenvalue weighted by atomic mass is 9.82. The molecule has 1 aromatic rings. The molecule has 0 radical (unpaired) electrons. The Hall–Kier alpha value is -1.06. The van der Waals surface area contributed by atoms with Gasteiger partial charge in [-0.15, -0.1) is 0 Å². The third-order valence-corrected chi connectivity index (χ3v) is 2.09. The molecule has 0 aliphatic heterocycles.